The molecule has 2 heterocycles. The Morgan fingerprint density at radius 2 is 2.15 bits per heavy atom. The number of aryl methyl sites for hydroxylation is 1. The molecule has 0 saturated carbocycles. The fourth-order valence-corrected chi connectivity index (χ4v) is 2.20. The maximum Gasteiger partial charge on any atom is 0.229 e. The Hall–Kier alpha value is -2.78. The van der Waals surface area contributed by atoms with Crippen LogP contribution in [0.5, 0.6) is 0 Å². The van der Waals surface area contributed by atoms with Crippen LogP contribution in [0, 0.1) is 11.6 Å². The summed E-state index contributed by atoms with van der Waals surface area (Å²) >= 11 is 6.03. The summed E-state index contributed by atoms with van der Waals surface area (Å²) in [5, 5.41) is 18.7. The van der Waals surface area contributed by atoms with Gasteiger partial charge in [0.15, 0.2) is 17.5 Å². The van der Waals surface area contributed by atoms with Gasteiger partial charge in [-0.2, -0.15) is 10.1 Å². The third-order valence-electron chi connectivity index (χ3n) is 3.23. The van der Waals surface area contributed by atoms with Crippen LogP contribution in [0.1, 0.15) is 11.0 Å². The second kappa shape index (κ2) is 8.07. The number of nitrogens with one attached hydrogen (secondary N) is 2. The van der Waals surface area contributed by atoms with Crippen molar-refractivity contribution in [2.24, 2.45) is 0 Å². The summed E-state index contributed by atoms with van der Waals surface area (Å²) in [5.74, 6) is -1.81. The molecule has 0 unspecified atom stereocenters. The second-order valence-electron chi connectivity index (χ2n) is 4.98. The topological polar surface area (TPSA) is 87.9 Å². The van der Waals surface area contributed by atoms with Crippen LogP contribution in [0.25, 0.3) is 0 Å². The van der Waals surface area contributed by atoms with Crippen molar-refractivity contribution in [1.82, 2.24) is 19.7 Å². The van der Waals surface area contributed by atoms with Crippen molar-refractivity contribution in [3.8, 4) is 0 Å². The SMILES string of the molecule is [2H]C([2H])(O)C([2H])([2H])n1cc(Nc2ncc(Cl)c(NCc3cccc(F)c3F)n2)cn1. The average molecular weight is 385 g/mol. The van der Waals surface area contributed by atoms with E-state index < -0.39 is 24.7 Å². The molecule has 3 rings (SSSR count). The molecule has 136 valence electrons. The van der Waals surface area contributed by atoms with Crippen molar-refractivity contribution < 1.29 is 19.4 Å². The van der Waals surface area contributed by atoms with Gasteiger partial charge in [-0.25, -0.2) is 13.8 Å². The Kier molecular flexibility index (Phi) is 4.17. The zero-order chi connectivity index (χ0) is 22.1. The van der Waals surface area contributed by atoms with Gasteiger partial charge in [0.05, 0.1) is 36.6 Å². The first kappa shape index (κ1) is 13.4. The number of rotatable bonds is 7. The molecule has 0 spiro atoms. The average Bonchev–Trinajstić information content (AvgIpc) is 3.13. The van der Waals surface area contributed by atoms with E-state index in [2.05, 4.69) is 25.7 Å². The molecule has 10 heteroatoms. The van der Waals surface area contributed by atoms with Crippen molar-refractivity contribution in [2.45, 2.75) is 13.0 Å². The van der Waals surface area contributed by atoms with Crippen LogP contribution in [0.3, 0.4) is 0 Å². The molecular weight excluding hydrogens is 366 g/mol. The number of aromatic nitrogens is 4. The van der Waals surface area contributed by atoms with E-state index >= 15 is 0 Å². The highest BCUT2D eigenvalue weighted by molar-refractivity contribution is 6.32. The second-order valence-corrected chi connectivity index (χ2v) is 5.39. The fraction of sp³-hybridized carbons (Fsp3) is 0.188. The minimum absolute atomic E-state index is 0.0220. The molecule has 7 nitrogen and oxygen atoms in total. The minimum atomic E-state index is -3.17. The molecule has 0 fully saturated rings. The summed E-state index contributed by atoms with van der Waals surface area (Å²) in [6, 6.07) is 3.78. The lowest BCUT2D eigenvalue weighted by Crippen LogP contribution is -2.07. The number of hydrogen-bond acceptors (Lipinski definition) is 6. The molecule has 1 aromatic carbocycles. The molecule has 3 N–H and O–H groups in total. The molecule has 0 aliphatic carbocycles. The molecule has 0 aliphatic rings. The van der Waals surface area contributed by atoms with Gasteiger partial charge in [0.25, 0.3) is 0 Å². The zero-order valence-corrected chi connectivity index (χ0v) is 13.8. The molecule has 0 bridgehead atoms. The number of anilines is 3. The Balaban J connectivity index is 1.75. The van der Waals surface area contributed by atoms with Crippen LogP contribution in [-0.2, 0) is 13.0 Å². The number of halogens is 3. The summed E-state index contributed by atoms with van der Waals surface area (Å²) in [7, 11) is 0. The van der Waals surface area contributed by atoms with Gasteiger partial charge in [0.2, 0.25) is 5.95 Å². The van der Waals surface area contributed by atoms with Crippen LogP contribution >= 0.6 is 11.6 Å². The van der Waals surface area contributed by atoms with Gasteiger partial charge in [-0.3, -0.25) is 4.68 Å². The number of nitrogens with zero attached hydrogens (tertiary/aromatic N) is 4. The number of hydrogen-bond donors (Lipinski definition) is 3. The van der Waals surface area contributed by atoms with E-state index in [0.717, 1.165) is 12.3 Å². The van der Waals surface area contributed by atoms with Crippen molar-refractivity contribution in [3.05, 3.63) is 59.0 Å². The van der Waals surface area contributed by atoms with Gasteiger partial charge in [-0.1, -0.05) is 23.7 Å². The van der Waals surface area contributed by atoms with E-state index in [0.29, 0.717) is 4.68 Å². The van der Waals surface area contributed by atoms with Gasteiger partial charge < -0.3 is 15.7 Å². The fourth-order valence-electron chi connectivity index (χ4n) is 2.04. The van der Waals surface area contributed by atoms with Crippen LogP contribution < -0.4 is 10.6 Å². The Bertz CT molecular complexity index is 1060. The van der Waals surface area contributed by atoms with Gasteiger partial charge in [0, 0.05) is 18.3 Å². The summed E-state index contributed by atoms with van der Waals surface area (Å²) in [6.07, 6.45) is 3.55. The Labute approximate surface area is 158 Å². The third-order valence-corrected chi connectivity index (χ3v) is 3.50. The first-order valence-electron chi connectivity index (χ1n) is 9.23. The lowest BCUT2D eigenvalue weighted by atomic mass is 10.2. The van der Waals surface area contributed by atoms with Crippen molar-refractivity contribution in [1.29, 1.82) is 0 Å². The van der Waals surface area contributed by atoms with Crippen LogP contribution in [-0.4, -0.2) is 31.4 Å². The van der Waals surface area contributed by atoms with Crippen molar-refractivity contribution in [3.63, 3.8) is 0 Å². The highest BCUT2D eigenvalue weighted by Gasteiger charge is 2.10. The number of benzene rings is 1. The van der Waals surface area contributed by atoms with E-state index in [-0.39, 0.29) is 34.6 Å². The minimum Gasteiger partial charge on any atom is -0.394 e. The van der Waals surface area contributed by atoms with E-state index in [4.69, 9.17) is 17.1 Å². The molecule has 0 saturated heterocycles. The maximum atomic E-state index is 13.8. The molecule has 0 radical (unpaired) electrons. The van der Waals surface area contributed by atoms with Crippen LogP contribution in [0.2, 0.25) is 5.02 Å². The predicted octanol–water partition coefficient (Wildman–Crippen LogP) is 2.95. The molecule has 3 aromatic rings. The van der Waals surface area contributed by atoms with Gasteiger partial charge in [-0.15, -0.1) is 0 Å². The molecular formula is C16H15ClF2N6O. The molecule has 26 heavy (non-hydrogen) atoms. The normalized spacial score (nSPS) is 14.2. The monoisotopic (exact) mass is 384 g/mol. The summed E-state index contributed by atoms with van der Waals surface area (Å²) < 4.78 is 57.3. The van der Waals surface area contributed by atoms with Gasteiger partial charge in [0.1, 0.15) is 5.02 Å². The van der Waals surface area contributed by atoms with Crippen molar-refractivity contribution in [2.75, 3.05) is 17.2 Å². The molecule has 0 atom stereocenters. The van der Waals surface area contributed by atoms with Crippen molar-refractivity contribution >= 4 is 29.1 Å². The van der Waals surface area contributed by atoms with Crippen LogP contribution in [0.4, 0.5) is 26.2 Å². The first-order chi connectivity index (χ1) is 14.0. The Morgan fingerprint density at radius 1 is 1.31 bits per heavy atom. The quantitative estimate of drug-likeness (QED) is 0.580. The standard InChI is InChI=1S/C16H15ClF2N6O/c17-12-8-21-16(23-11-7-22-25(9-11)4-5-26)24-15(12)20-6-10-2-1-3-13(18)14(10)19/h1-3,7-9,26H,4-6H2,(H2,20,21,23,24)/i4D2,5D2. The third kappa shape index (κ3) is 4.24. The zero-order valence-electron chi connectivity index (χ0n) is 17.0. The van der Waals surface area contributed by atoms with Crippen LogP contribution in [0.15, 0.2) is 36.8 Å². The lowest BCUT2D eigenvalue weighted by Gasteiger charge is -2.10. The van der Waals surface area contributed by atoms with E-state index in [1.54, 1.807) is 0 Å². The molecule has 0 aliphatic heterocycles. The van der Waals surface area contributed by atoms with E-state index in [1.807, 2.05) is 0 Å². The molecule has 2 aromatic heterocycles. The summed E-state index contributed by atoms with van der Waals surface area (Å²) in [4.78, 5) is 8.08. The van der Waals surface area contributed by atoms with Gasteiger partial charge in [-0.05, 0) is 6.07 Å². The lowest BCUT2D eigenvalue weighted by molar-refractivity contribution is 0.269. The smallest absolute Gasteiger partial charge is 0.229 e. The number of aliphatic hydroxyl groups is 1. The first-order valence-corrected chi connectivity index (χ1v) is 7.60. The van der Waals surface area contributed by atoms with E-state index in [1.165, 1.54) is 24.5 Å². The Morgan fingerprint density at radius 3 is 2.96 bits per heavy atom. The molecule has 0 amide bonds. The summed E-state index contributed by atoms with van der Waals surface area (Å²) in [5.41, 5.74) is 0.272. The largest absolute Gasteiger partial charge is 0.394 e. The van der Waals surface area contributed by atoms with Gasteiger partial charge >= 0.3 is 0 Å². The summed E-state index contributed by atoms with van der Waals surface area (Å²) in [6.45, 7) is -6.09. The highest BCUT2D eigenvalue weighted by atomic mass is 35.5. The maximum absolute atomic E-state index is 13.8. The highest BCUT2D eigenvalue weighted by Crippen LogP contribution is 2.22. The predicted molar refractivity (Wildman–Crippen MR) is 93.3 cm³/mol. The van der Waals surface area contributed by atoms with E-state index in [9.17, 15) is 13.9 Å².